The standard InChI is InChI=1S/C22H22FN3O/c1-4-7-15-12-16(23)9-10-19(15)26-13-18-20(22(2,3)14-26)27-21(25-18)17-8-5-6-11-24-17/h4-6,8-12H,1,7,13-14H2,2-3H3. The molecule has 0 bridgehead atoms. The lowest BCUT2D eigenvalue weighted by Crippen LogP contribution is -2.42. The quantitative estimate of drug-likeness (QED) is 0.618. The molecule has 1 aliphatic heterocycles. The number of hydrogen-bond acceptors (Lipinski definition) is 4. The van der Waals surface area contributed by atoms with Crippen molar-refractivity contribution < 1.29 is 8.81 Å². The predicted molar refractivity (Wildman–Crippen MR) is 104 cm³/mol. The Labute approximate surface area is 158 Å². The Morgan fingerprint density at radius 2 is 2.15 bits per heavy atom. The highest BCUT2D eigenvalue weighted by molar-refractivity contribution is 5.57. The molecule has 5 heteroatoms. The van der Waals surface area contributed by atoms with Crippen LogP contribution in [-0.2, 0) is 18.4 Å². The van der Waals surface area contributed by atoms with Crippen LogP contribution in [0.3, 0.4) is 0 Å². The number of fused-ring (bicyclic) bond motifs is 1. The van der Waals surface area contributed by atoms with Crippen molar-refractivity contribution in [3.8, 4) is 11.6 Å². The number of halogens is 1. The molecular weight excluding hydrogens is 341 g/mol. The number of nitrogens with zero attached hydrogens (tertiary/aromatic N) is 3. The topological polar surface area (TPSA) is 42.2 Å². The Hall–Kier alpha value is -2.95. The van der Waals surface area contributed by atoms with Crippen LogP contribution in [0.5, 0.6) is 0 Å². The van der Waals surface area contributed by atoms with E-state index in [0.29, 0.717) is 18.9 Å². The van der Waals surface area contributed by atoms with E-state index in [1.807, 2.05) is 24.3 Å². The number of aromatic nitrogens is 2. The van der Waals surface area contributed by atoms with Gasteiger partial charge in [-0.05, 0) is 42.3 Å². The van der Waals surface area contributed by atoms with Gasteiger partial charge in [0.05, 0.1) is 6.54 Å². The van der Waals surface area contributed by atoms with Crippen molar-refractivity contribution in [1.82, 2.24) is 9.97 Å². The minimum Gasteiger partial charge on any atom is -0.439 e. The fourth-order valence-corrected chi connectivity index (χ4v) is 3.72. The molecule has 2 aromatic heterocycles. The number of hydrogen-bond donors (Lipinski definition) is 0. The molecular formula is C22H22FN3O. The summed E-state index contributed by atoms with van der Waals surface area (Å²) in [6.45, 7) is 9.45. The van der Waals surface area contributed by atoms with Crippen LogP contribution in [0.1, 0.15) is 30.9 Å². The smallest absolute Gasteiger partial charge is 0.245 e. The van der Waals surface area contributed by atoms with Gasteiger partial charge in [-0.2, -0.15) is 0 Å². The van der Waals surface area contributed by atoms with E-state index in [-0.39, 0.29) is 11.2 Å². The maximum absolute atomic E-state index is 13.7. The summed E-state index contributed by atoms with van der Waals surface area (Å²) < 4.78 is 19.8. The molecule has 3 heterocycles. The fourth-order valence-electron chi connectivity index (χ4n) is 3.72. The Kier molecular flexibility index (Phi) is 4.30. The summed E-state index contributed by atoms with van der Waals surface area (Å²) in [5.41, 5.74) is 3.34. The van der Waals surface area contributed by atoms with E-state index in [1.54, 1.807) is 18.3 Å². The molecule has 0 amide bonds. The van der Waals surface area contributed by atoms with Gasteiger partial charge >= 0.3 is 0 Å². The van der Waals surface area contributed by atoms with Crippen molar-refractivity contribution in [2.45, 2.75) is 32.2 Å². The average Bonchev–Trinajstić information content (AvgIpc) is 3.08. The number of allylic oxidation sites excluding steroid dienone is 1. The van der Waals surface area contributed by atoms with Crippen LogP contribution >= 0.6 is 0 Å². The second kappa shape index (κ2) is 6.65. The molecule has 0 N–H and O–H groups in total. The molecule has 138 valence electrons. The number of pyridine rings is 1. The first-order chi connectivity index (χ1) is 13.0. The van der Waals surface area contributed by atoms with Crippen molar-refractivity contribution >= 4 is 5.69 Å². The van der Waals surface area contributed by atoms with Gasteiger partial charge in [-0.3, -0.25) is 4.98 Å². The Morgan fingerprint density at radius 3 is 2.89 bits per heavy atom. The number of benzene rings is 1. The van der Waals surface area contributed by atoms with Crippen LogP contribution in [0.4, 0.5) is 10.1 Å². The van der Waals surface area contributed by atoms with E-state index in [1.165, 1.54) is 6.07 Å². The van der Waals surface area contributed by atoms with E-state index in [9.17, 15) is 4.39 Å². The fraction of sp³-hybridized carbons (Fsp3) is 0.273. The molecule has 1 aliphatic rings. The highest BCUT2D eigenvalue weighted by atomic mass is 19.1. The lowest BCUT2D eigenvalue weighted by molar-refractivity contribution is 0.365. The monoisotopic (exact) mass is 363 g/mol. The van der Waals surface area contributed by atoms with Crippen molar-refractivity contribution in [3.63, 3.8) is 0 Å². The van der Waals surface area contributed by atoms with Gasteiger partial charge in [-0.1, -0.05) is 26.0 Å². The number of oxazole rings is 1. The molecule has 0 saturated heterocycles. The van der Waals surface area contributed by atoms with Crippen LogP contribution in [0, 0.1) is 5.82 Å². The lowest BCUT2D eigenvalue weighted by atomic mass is 9.85. The van der Waals surface area contributed by atoms with E-state index in [0.717, 1.165) is 34.9 Å². The SMILES string of the molecule is C=CCc1cc(F)ccc1N1Cc2nc(-c3ccccn3)oc2C(C)(C)C1. The molecule has 0 fully saturated rings. The van der Waals surface area contributed by atoms with Crippen molar-refractivity contribution in [1.29, 1.82) is 0 Å². The summed E-state index contributed by atoms with van der Waals surface area (Å²) in [6, 6.07) is 10.6. The van der Waals surface area contributed by atoms with Crippen LogP contribution in [0.2, 0.25) is 0 Å². The number of anilines is 1. The normalized spacial score (nSPS) is 15.4. The Balaban J connectivity index is 1.74. The van der Waals surface area contributed by atoms with E-state index >= 15 is 0 Å². The first-order valence-corrected chi connectivity index (χ1v) is 9.04. The van der Waals surface area contributed by atoms with Gasteiger partial charge in [0.2, 0.25) is 5.89 Å². The first-order valence-electron chi connectivity index (χ1n) is 9.04. The summed E-state index contributed by atoms with van der Waals surface area (Å²) in [5, 5.41) is 0. The first kappa shape index (κ1) is 17.5. The Morgan fingerprint density at radius 1 is 1.30 bits per heavy atom. The van der Waals surface area contributed by atoms with Gasteiger partial charge in [0.15, 0.2) is 0 Å². The Bertz CT molecular complexity index is 978. The second-order valence-corrected chi connectivity index (χ2v) is 7.52. The predicted octanol–water partition coefficient (Wildman–Crippen LogP) is 4.90. The highest BCUT2D eigenvalue weighted by Crippen LogP contribution is 2.38. The maximum atomic E-state index is 13.7. The van der Waals surface area contributed by atoms with Gasteiger partial charge in [0, 0.05) is 23.8 Å². The molecule has 0 saturated carbocycles. The summed E-state index contributed by atoms with van der Waals surface area (Å²) in [4.78, 5) is 11.3. The highest BCUT2D eigenvalue weighted by Gasteiger charge is 2.37. The summed E-state index contributed by atoms with van der Waals surface area (Å²) >= 11 is 0. The minimum absolute atomic E-state index is 0.229. The molecule has 3 aromatic rings. The summed E-state index contributed by atoms with van der Waals surface area (Å²) in [5.74, 6) is 1.21. The van der Waals surface area contributed by atoms with Gasteiger partial charge in [-0.25, -0.2) is 9.37 Å². The van der Waals surface area contributed by atoms with E-state index in [4.69, 9.17) is 9.40 Å². The largest absolute Gasteiger partial charge is 0.439 e. The molecule has 1 aromatic carbocycles. The van der Waals surface area contributed by atoms with E-state index in [2.05, 4.69) is 30.3 Å². The molecule has 0 radical (unpaired) electrons. The average molecular weight is 363 g/mol. The zero-order chi connectivity index (χ0) is 19.0. The van der Waals surface area contributed by atoms with Crippen LogP contribution in [0.25, 0.3) is 11.6 Å². The molecule has 4 rings (SSSR count). The molecule has 0 unspecified atom stereocenters. The zero-order valence-corrected chi connectivity index (χ0v) is 15.6. The molecule has 0 spiro atoms. The zero-order valence-electron chi connectivity index (χ0n) is 15.6. The van der Waals surface area contributed by atoms with Gasteiger partial charge < -0.3 is 9.32 Å². The summed E-state index contributed by atoms with van der Waals surface area (Å²) in [7, 11) is 0. The van der Waals surface area contributed by atoms with Crippen molar-refractivity contribution in [2.75, 3.05) is 11.4 Å². The summed E-state index contributed by atoms with van der Waals surface area (Å²) in [6.07, 6.45) is 4.15. The third-order valence-corrected chi connectivity index (χ3v) is 4.87. The third kappa shape index (κ3) is 3.25. The number of rotatable bonds is 4. The van der Waals surface area contributed by atoms with Crippen molar-refractivity contribution in [2.24, 2.45) is 0 Å². The van der Waals surface area contributed by atoms with Crippen molar-refractivity contribution in [3.05, 3.63) is 78.1 Å². The molecule has 0 aliphatic carbocycles. The van der Waals surface area contributed by atoms with Crippen LogP contribution < -0.4 is 4.90 Å². The lowest BCUT2D eigenvalue weighted by Gasteiger charge is -2.38. The van der Waals surface area contributed by atoms with Gasteiger partial charge in [-0.15, -0.1) is 6.58 Å². The molecule has 4 nitrogen and oxygen atoms in total. The minimum atomic E-state index is -0.230. The maximum Gasteiger partial charge on any atom is 0.245 e. The van der Waals surface area contributed by atoms with Gasteiger partial charge in [0.25, 0.3) is 0 Å². The molecule has 0 atom stereocenters. The van der Waals surface area contributed by atoms with Crippen LogP contribution in [0.15, 0.2) is 59.7 Å². The second-order valence-electron chi connectivity index (χ2n) is 7.52. The van der Waals surface area contributed by atoms with Gasteiger partial charge in [0.1, 0.15) is 23.0 Å². The van der Waals surface area contributed by atoms with E-state index < -0.39 is 0 Å². The van der Waals surface area contributed by atoms with Crippen LogP contribution in [-0.4, -0.2) is 16.5 Å². The third-order valence-electron chi connectivity index (χ3n) is 4.87. The molecule has 27 heavy (non-hydrogen) atoms.